The summed E-state index contributed by atoms with van der Waals surface area (Å²) in [7, 11) is 0. The van der Waals surface area contributed by atoms with Gasteiger partial charge in [0.25, 0.3) is 0 Å². The lowest BCUT2D eigenvalue weighted by atomic mass is 9.86. The van der Waals surface area contributed by atoms with Gasteiger partial charge < -0.3 is 5.11 Å². The van der Waals surface area contributed by atoms with Crippen LogP contribution in [0.25, 0.3) is 0 Å². The van der Waals surface area contributed by atoms with Gasteiger partial charge in [0.2, 0.25) is 0 Å². The molecule has 1 aromatic carbocycles. The number of rotatable bonds is 2. The van der Waals surface area contributed by atoms with E-state index >= 15 is 0 Å². The summed E-state index contributed by atoms with van der Waals surface area (Å²) in [5, 5.41) is 10.6. The lowest BCUT2D eigenvalue weighted by Crippen LogP contribution is -2.22. The van der Waals surface area contributed by atoms with Gasteiger partial charge >= 0.3 is 0 Å². The van der Waals surface area contributed by atoms with Crippen LogP contribution >= 0.6 is 0 Å². The first-order valence-electron chi connectivity index (χ1n) is 6.36. The van der Waals surface area contributed by atoms with Crippen molar-refractivity contribution in [3.63, 3.8) is 0 Å². The summed E-state index contributed by atoms with van der Waals surface area (Å²) in [5.74, 6) is 0.561. The molecule has 0 saturated heterocycles. The van der Waals surface area contributed by atoms with E-state index in [-0.39, 0.29) is 0 Å². The van der Waals surface area contributed by atoms with E-state index in [1.807, 2.05) is 0 Å². The Kier molecular flexibility index (Phi) is 3.07. The Morgan fingerprint density at radius 1 is 1.19 bits per heavy atom. The molecule has 0 aromatic heterocycles. The third-order valence-corrected chi connectivity index (χ3v) is 3.85. The standard InChI is InChI=1S/C15H22O/c1-11(2)13-6-7-14(12(3)10-13)15(16)8-4-5-9-15/h6-7,10-11,16H,4-5,8-9H2,1-3H3. The van der Waals surface area contributed by atoms with Gasteiger partial charge in [-0.05, 0) is 42.4 Å². The molecule has 2 rings (SSSR count). The van der Waals surface area contributed by atoms with Crippen molar-refractivity contribution in [2.24, 2.45) is 0 Å². The van der Waals surface area contributed by atoms with E-state index in [4.69, 9.17) is 0 Å². The van der Waals surface area contributed by atoms with Gasteiger partial charge in [0.1, 0.15) is 0 Å². The second kappa shape index (κ2) is 4.21. The molecule has 1 heteroatoms. The molecule has 1 nitrogen and oxygen atoms in total. The van der Waals surface area contributed by atoms with Gasteiger partial charge in [-0.1, -0.05) is 44.9 Å². The Morgan fingerprint density at radius 2 is 1.81 bits per heavy atom. The molecule has 1 N–H and O–H groups in total. The van der Waals surface area contributed by atoms with Gasteiger partial charge in [0.05, 0.1) is 5.60 Å². The van der Waals surface area contributed by atoms with Crippen LogP contribution in [0.15, 0.2) is 18.2 Å². The monoisotopic (exact) mass is 218 g/mol. The molecular weight excluding hydrogens is 196 g/mol. The van der Waals surface area contributed by atoms with Gasteiger partial charge in [0, 0.05) is 0 Å². The van der Waals surface area contributed by atoms with Crippen molar-refractivity contribution in [3.05, 3.63) is 34.9 Å². The first-order chi connectivity index (χ1) is 7.53. The van der Waals surface area contributed by atoms with Crippen molar-refractivity contribution >= 4 is 0 Å². The molecular formula is C15H22O. The summed E-state index contributed by atoms with van der Waals surface area (Å²) in [6, 6.07) is 6.54. The average Bonchev–Trinajstić information content (AvgIpc) is 2.65. The first-order valence-corrected chi connectivity index (χ1v) is 6.36. The van der Waals surface area contributed by atoms with E-state index in [0.717, 1.165) is 31.2 Å². The van der Waals surface area contributed by atoms with Crippen molar-refractivity contribution in [1.82, 2.24) is 0 Å². The molecule has 0 atom stereocenters. The number of benzene rings is 1. The average molecular weight is 218 g/mol. The van der Waals surface area contributed by atoms with Crippen LogP contribution in [0.4, 0.5) is 0 Å². The van der Waals surface area contributed by atoms with E-state index in [1.165, 1.54) is 11.1 Å². The summed E-state index contributed by atoms with van der Waals surface area (Å²) in [4.78, 5) is 0. The number of hydrogen-bond acceptors (Lipinski definition) is 1. The molecule has 16 heavy (non-hydrogen) atoms. The summed E-state index contributed by atoms with van der Waals surface area (Å²) >= 11 is 0. The van der Waals surface area contributed by atoms with E-state index in [9.17, 15) is 5.11 Å². The number of aryl methyl sites for hydroxylation is 1. The molecule has 0 unspecified atom stereocenters. The summed E-state index contributed by atoms with van der Waals surface area (Å²) < 4.78 is 0. The number of hydrogen-bond donors (Lipinski definition) is 1. The van der Waals surface area contributed by atoms with Gasteiger partial charge in [-0.3, -0.25) is 0 Å². The van der Waals surface area contributed by atoms with Gasteiger partial charge in [0.15, 0.2) is 0 Å². The van der Waals surface area contributed by atoms with Gasteiger partial charge in [-0.2, -0.15) is 0 Å². The highest BCUT2D eigenvalue weighted by atomic mass is 16.3. The molecule has 0 aliphatic heterocycles. The summed E-state index contributed by atoms with van der Waals surface area (Å²) in [5.41, 5.74) is 3.22. The van der Waals surface area contributed by atoms with Crippen LogP contribution in [0.2, 0.25) is 0 Å². The predicted molar refractivity (Wildman–Crippen MR) is 67.6 cm³/mol. The molecule has 0 amide bonds. The van der Waals surface area contributed by atoms with Crippen molar-refractivity contribution in [1.29, 1.82) is 0 Å². The first kappa shape index (κ1) is 11.7. The Hall–Kier alpha value is -0.820. The fraction of sp³-hybridized carbons (Fsp3) is 0.600. The zero-order chi connectivity index (χ0) is 11.8. The minimum Gasteiger partial charge on any atom is -0.385 e. The maximum Gasteiger partial charge on any atom is 0.0899 e. The van der Waals surface area contributed by atoms with Gasteiger partial charge in [-0.25, -0.2) is 0 Å². The van der Waals surface area contributed by atoms with Crippen molar-refractivity contribution in [2.45, 2.75) is 58.0 Å². The largest absolute Gasteiger partial charge is 0.385 e. The predicted octanol–water partition coefficient (Wildman–Crippen LogP) is 3.88. The van der Waals surface area contributed by atoms with Crippen LogP contribution < -0.4 is 0 Å². The zero-order valence-electron chi connectivity index (χ0n) is 10.6. The van der Waals surface area contributed by atoms with Gasteiger partial charge in [-0.15, -0.1) is 0 Å². The molecule has 1 aromatic rings. The van der Waals surface area contributed by atoms with Crippen LogP contribution in [-0.4, -0.2) is 5.11 Å². The highest BCUT2D eigenvalue weighted by Gasteiger charge is 2.34. The second-order valence-corrected chi connectivity index (χ2v) is 5.47. The molecule has 0 spiro atoms. The highest BCUT2D eigenvalue weighted by molar-refractivity contribution is 5.36. The molecule has 1 aliphatic rings. The van der Waals surface area contributed by atoms with Crippen LogP contribution in [-0.2, 0) is 5.60 Å². The third-order valence-electron chi connectivity index (χ3n) is 3.85. The minimum absolute atomic E-state index is 0.542. The van der Waals surface area contributed by atoms with Crippen LogP contribution in [0.1, 0.15) is 62.1 Å². The normalized spacial score (nSPS) is 19.3. The Balaban J connectivity index is 2.35. The topological polar surface area (TPSA) is 20.2 Å². The fourth-order valence-electron chi connectivity index (χ4n) is 2.80. The van der Waals surface area contributed by atoms with Crippen LogP contribution in [0, 0.1) is 6.92 Å². The minimum atomic E-state index is -0.542. The van der Waals surface area contributed by atoms with Crippen LogP contribution in [0.3, 0.4) is 0 Å². The van der Waals surface area contributed by atoms with Crippen LogP contribution in [0.5, 0.6) is 0 Å². The zero-order valence-corrected chi connectivity index (χ0v) is 10.6. The van der Waals surface area contributed by atoms with E-state index < -0.39 is 5.60 Å². The molecule has 0 heterocycles. The smallest absolute Gasteiger partial charge is 0.0899 e. The maximum atomic E-state index is 10.6. The van der Waals surface area contributed by atoms with Crippen molar-refractivity contribution < 1.29 is 5.11 Å². The van der Waals surface area contributed by atoms with E-state index in [2.05, 4.69) is 39.0 Å². The maximum absolute atomic E-state index is 10.6. The lowest BCUT2D eigenvalue weighted by Gasteiger charge is -2.25. The second-order valence-electron chi connectivity index (χ2n) is 5.47. The summed E-state index contributed by atoms with van der Waals surface area (Å²) in [6.45, 7) is 6.54. The highest BCUT2D eigenvalue weighted by Crippen LogP contribution is 2.40. The Morgan fingerprint density at radius 3 is 2.31 bits per heavy atom. The van der Waals surface area contributed by atoms with E-state index in [1.54, 1.807) is 0 Å². The summed E-state index contributed by atoms with van der Waals surface area (Å²) in [6.07, 6.45) is 4.16. The third kappa shape index (κ3) is 2.01. The van der Waals surface area contributed by atoms with Crippen molar-refractivity contribution in [2.75, 3.05) is 0 Å². The molecule has 1 saturated carbocycles. The molecule has 0 bridgehead atoms. The molecule has 1 fully saturated rings. The molecule has 0 radical (unpaired) electrons. The van der Waals surface area contributed by atoms with Crippen molar-refractivity contribution in [3.8, 4) is 0 Å². The Bertz CT molecular complexity index is 373. The SMILES string of the molecule is Cc1cc(C(C)C)ccc1C1(O)CCCC1. The number of aliphatic hydroxyl groups is 1. The quantitative estimate of drug-likeness (QED) is 0.798. The molecule has 88 valence electrons. The van der Waals surface area contributed by atoms with E-state index in [0.29, 0.717) is 5.92 Å². The lowest BCUT2D eigenvalue weighted by molar-refractivity contribution is 0.0438. The fourth-order valence-corrected chi connectivity index (χ4v) is 2.80. The Labute approximate surface area is 98.5 Å². The molecule has 1 aliphatic carbocycles.